The lowest BCUT2D eigenvalue weighted by molar-refractivity contribution is -0.899. The molecule has 0 bridgehead atoms. The summed E-state index contributed by atoms with van der Waals surface area (Å²) in [7, 11) is 0. The van der Waals surface area contributed by atoms with Crippen LogP contribution < -0.4 is 15.8 Å². The average molecular weight is 418 g/mol. The van der Waals surface area contributed by atoms with E-state index in [9.17, 15) is 9.59 Å². The highest BCUT2D eigenvalue weighted by atomic mass is 35.5. The fourth-order valence-electron chi connectivity index (χ4n) is 3.72. The van der Waals surface area contributed by atoms with Crippen LogP contribution in [0.25, 0.3) is 11.3 Å². The van der Waals surface area contributed by atoms with Gasteiger partial charge < -0.3 is 10.2 Å². The fraction of sp³-hybridized carbons (Fsp3) is 0.500. The molecule has 1 aromatic carbocycles. The van der Waals surface area contributed by atoms with Crippen molar-refractivity contribution >= 4 is 17.5 Å². The van der Waals surface area contributed by atoms with Crippen LogP contribution in [0.5, 0.6) is 0 Å². The first kappa shape index (κ1) is 21.5. The molecule has 0 unspecified atom stereocenters. The third-order valence-corrected chi connectivity index (χ3v) is 5.65. The first-order chi connectivity index (χ1) is 14.1. The molecular weight excluding hydrogens is 388 g/mol. The quantitative estimate of drug-likeness (QED) is 0.645. The molecule has 1 aliphatic rings. The lowest BCUT2D eigenvalue weighted by Gasteiger charge is -2.16. The Kier molecular flexibility index (Phi) is 8.25. The Bertz CT molecular complexity index is 843. The molecule has 0 spiro atoms. The minimum atomic E-state index is -0.208. The highest BCUT2D eigenvalue weighted by Gasteiger charge is 2.12. The van der Waals surface area contributed by atoms with Crippen molar-refractivity contribution < 1.29 is 9.69 Å². The second kappa shape index (κ2) is 11.1. The minimum Gasteiger partial charge on any atom is -0.356 e. The highest BCUT2D eigenvalue weighted by Crippen LogP contribution is 2.18. The van der Waals surface area contributed by atoms with E-state index in [-0.39, 0.29) is 24.4 Å². The Morgan fingerprint density at radius 2 is 1.79 bits per heavy atom. The Morgan fingerprint density at radius 1 is 1.07 bits per heavy atom. The van der Waals surface area contributed by atoms with Crippen molar-refractivity contribution in [3.63, 3.8) is 0 Å². The summed E-state index contributed by atoms with van der Waals surface area (Å²) in [5, 5.41) is 8.01. The number of nitrogens with zero attached hydrogens (tertiary/aromatic N) is 2. The van der Waals surface area contributed by atoms with Crippen molar-refractivity contribution in [1.29, 1.82) is 0 Å². The number of amides is 1. The fourth-order valence-corrected chi connectivity index (χ4v) is 3.85. The van der Waals surface area contributed by atoms with Crippen LogP contribution >= 0.6 is 11.6 Å². The third kappa shape index (κ3) is 6.98. The van der Waals surface area contributed by atoms with Gasteiger partial charge in [-0.3, -0.25) is 9.59 Å². The molecule has 1 saturated heterocycles. The van der Waals surface area contributed by atoms with Crippen LogP contribution in [-0.2, 0) is 11.3 Å². The molecule has 2 heterocycles. The lowest BCUT2D eigenvalue weighted by Crippen LogP contribution is -3.11. The second-order valence-electron chi connectivity index (χ2n) is 7.65. The van der Waals surface area contributed by atoms with Crippen LogP contribution in [0.4, 0.5) is 0 Å². The maximum atomic E-state index is 12.2. The zero-order chi connectivity index (χ0) is 20.5. The smallest absolute Gasteiger partial charge is 0.266 e. The molecule has 1 amide bonds. The summed E-state index contributed by atoms with van der Waals surface area (Å²) >= 11 is 5.92. The Hall–Kier alpha value is -2.18. The van der Waals surface area contributed by atoms with E-state index in [0.717, 1.165) is 18.5 Å². The summed E-state index contributed by atoms with van der Waals surface area (Å²) in [4.78, 5) is 25.9. The largest absolute Gasteiger partial charge is 0.356 e. The Balaban J connectivity index is 1.44. The normalized spacial score (nSPS) is 15.1. The lowest BCUT2D eigenvalue weighted by atomic mass is 10.1. The van der Waals surface area contributed by atoms with Crippen LogP contribution in [0, 0.1) is 0 Å². The molecule has 7 heteroatoms. The maximum absolute atomic E-state index is 12.2. The van der Waals surface area contributed by atoms with Gasteiger partial charge in [0.2, 0.25) is 5.91 Å². The molecular formula is C22H30ClN4O2+. The van der Waals surface area contributed by atoms with Gasteiger partial charge in [-0.25, -0.2) is 4.68 Å². The number of hydrogen-bond acceptors (Lipinski definition) is 3. The number of rotatable bonds is 8. The summed E-state index contributed by atoms with van der Waals surface area (Å²) in [6.45, 7) is 4.59. The molecule has 1 aromatic heterocycles. The van der Waals surface area contributed by atoms with Gasteiger partial charge in [0.25, 0.3) is 5.56 Å². The van der Waals surface area contributed by atoms with E-state index in [1.54, 1.807) is 23.1 Å². The van der Waals surface area contributed by atoms with Gasteiger partial charge in [0.1, 0.15) is 0 Å². The number of halogens is 1. The number of nitrogens with one attached hydrogen (secondary N) is 2. The van der Waals surface area contributed by atoms with Crippen molar-refractivity contribution in [1.82, 2.24) is 15.1 Å². The van der Waals surface area contributed by atoms with Gasteiger partial charge in [-0.15, -0.1) is 0 Å². The molecule has 3 rings (SSSR count). The molecule has 0 saturated carbocycles. The standard InChI is InChI=1S/C22H29ClN4O2/c23-19-8-6-18(7-9-19)20-10-11-22(29)27(25-20)17-12-21(28)24-13-5-16-26-14-3-1-2-4-15-26/h6-11H,1-5,12-17H2,(H,24,28)/p+1. The molecule has 2 N–H and O–H groups in total. The average Bonchev–Trinajstić information content (AvgIpc) is 3.00. The first-order valence-corrected chi connectivity index (χ1v) is 10.9. The van der Waals surface area contributed by atoms with Crippen LogP contribution in [0.1, 0.15) is 38.5 Å². The second-order valence-corrected chi connectivity index (χ2v) is 8.09. The van der Waals surface area contributed by atoms with Crippen LogP contribution in [0.15, 0.2) is 41.2 Å². The number of hydrogen-bond donors (Lipinski definition) is 2. The number of aromatic nitrogens is 2. The van der Waals surface area contributed by atoms with Gasteiger partial charge in [-0.1, -0.05) is 23.7 Å². The predicted molar refractivity (Wildman–Crippen MR) is 115 cm³/mol. The molecule has 1 fully saturated rings. The topological polar surface area (TPSA) is 68.4 Å². The number of likely N-dealkylation sites (tertiary alicyclic amines) is 1. The number of benzene rings is 1. The first-order valence-electron chi connectivity index (χ1n) is 10.6. The summed E-state index contributed by atoms with van der Waals surface area (Å²) in [6.07, 6.45) is 6.58. The van der Waals surface area contributed by atoms with Crippen molar-refractivity contribution in [3.8, 4) is 11.3 Å². The van der Waals surface area contributed by atoms with Crippen LogP contribution in [0.2, 0.25) is 5.02 Å². The van der Waals surface area contributed by atoms with Crippen molar-refractivity contribution in [2.45, 2.75) is 45.1 Å². The van der Waals surface area contributed by atoms with Crippen molar-refractivity contribution in [2.24, 2.45) is 0 Å². The summed E-state index contributed by atoms with van der Waals surface area (Å²) in [5.74, 6) is -0.0403. The third-order valence-electron chi connectivity index (χ3n) is 5.40. The van der Waals surface area contributed by atoms with Crippen LogP contribution in [0.3, 0.4) is 0 Å². The number of aryl methyl sites for hydroxylation is 1. The minimum absolute atomic E-state index is 0.0403. The van der Waals surface area contributed by atoms with Gasteiger partial charge in [0.05, 0.1) is 31.9 Å². The summed E-state index contributed by atoms with van der Waals surface area (Å²) < 4.78 is 1.35. The number of carbonyl (C=O) groups is 1. The van der Waals surface area contributed by atoms with Crippen LogP contribution in [-0.4, -0.2) is 41.9 Å². The molecule has 0 atom stereocenters. The Morgan fingerprint density at radius 3 is 2.52 bits per heavy atom. The monoisotopic (exact) mass is 417 g/mol. The van der Waals surface area contributed by atoms with E-state index in [4.69, 9.17) is 11.6 Å². The Labute approximate surface area is 176 Å². The summed E-state index contributed by atoms with van der Waals surface area (Å²) in [5.41, 5.74) is 1.35. The molecule has 2 aromatic rings. The van der Waals surface area contributed by atoms with Gasteiger partial charge >= 0.3 is 0 Å². The van der Waals surface area contributed by atoms with E-state index in [1.165, 1.54) is 49.5 Å². The number of carbonyl (C=O) groups excluding carboxylic acids is 1. The van der Waals surface area contributed by atoms with E-state index >= 15 is 0 Å². The zero-order valence-electron chi connectivity index (χ0n) is 16.8. The van der Waals surface area contributed by atoms with E-state index < -0.39 is 0 Å². The van der Waals surface area contributed by atoms with Crippen molar-refractivity contribution in [2.75, 3.05) is 26.2 Å². The number of quaternary nitrogens is 1. The molecule has 6 nitrogen and oxygen atoms in total. The zero-order valence-corrected chi connectivity index (χ0v) is 17.6. The summed E-state index contributed by atoms with van der Waals surface area (Å²) in [6, 6.07) is 10.5. The molecule has 29 heavy (non-hydrogen) atoms. The van der Waals surface area contributed by atoms with E-state index in [0.29, 0.717) is 17.3 Å². The maximum Gasteiger partial charge on any atom is 0.266 e. The molecule has 0 radical (unpaired) electrons. The molecule has 156 valence electrons. The SMILES string of the molecule is O=C(CCn1nc(-c2ccc(Cl)cc2)ccc1=O)NCCC[NH+]1CCCCCC1. The molecule has 0 aliphatic carbocycles. The highest BCUT2D eigenvalue weighted by molar-refractivity contribution is 6.30. The van der Waals surface area contributed by atoms with Gasteiger partial charge in [-0.05, 0) is 43.9 Å². The van der Waals surface area contributed by atoms with Crippen molar-refractivity contribution in [3.05, 3.63) is 51.8 Å². The van der Waals surface area contributed by atoms with Gasteiger partial charge in [0.15, 0.2) is 0 Å². The van der Waals surface area contributed by atoms with E-state index in [1.807, 2.05) is 12.1 Å². The van der Waals surface area contributed by atoms with E-state index in [2.05, 4.69) is 10.4 Å². The predicted octanol–water partition coefficient (Wildman–Crippen LogP) is 1.92. The van der Waals surface area contributed by atoms with Gasteiger partial charge in [-0.2, -0.15) is 5.10 Å². The van der Waals surface area contributed by atoms with Gasteiger partial charge in [0, 0.05) is 36.0 Å². The molecule has 1 aliphatic heterocycles.